The van der Waals surface area contributed by atoms with E-state index in [4.69, 9.17) is 4.98 Å². The zero-order valence-electron chi connectivity index (χ0n) is 11.9. The van der Waals surface area contributed by atoms with Gasteiger partial charge >= 0.3 is 0 Å². The minimum Gasteiger partial charge on any atom is -0.311 e. The fraction of sp³-hybridized carbons (Fsp3) is 0.500. The van der Waals surface area contributed by atoms with Crippen LogP contribution in [0.2, 0.25) is 0 Å². The molecule has 19 heavy (non-hydrogen) atoms. The molecule has 1 N–H and O–H groups in total. The van der Waals surface area contributed by atoms with Crippen LogP contribution in [0.4, 0.5) is 0 Å². The lowest BCUT2D eigenvalue weighted by atomic mass is 10.4. The maximum Gasteiger partial charge on any atom is 0.138 e. The maximum atomic E-state index is 4.73. The number of hydrogen-bond acceptors (Lipinski definition) is 4. The molecule has 0 unspecified atom stereocenters. The summed E-state index contributed by atoms with van der Waals surface area (Å²) in [6, 6.07) is 6.15. The van der Waals surface area contributed by atoms with Gasteiger partial charge in [0.25, 0.3) is 0 Å². The van der Waals surface area contributed by atoms with Gasteiger partial charge in [0.2, 0.25) is 0 Å². The first-order valence-electron chi connectivity index (χ1n) is 6.66. The van der Waals surface area contributed by atoms with E-state index in [1.807, 2.05) is 17.8 Å². The van der Waals surface area contributed by atoms with Crippen molar-refractivity contribution in [3.05, 3.63) is 30.1 Å². The second-order valence-corrected chi connectivity index (χ2v) is 5.81. The summed E-state index contributed by atoms with van der Waals surface area (Å²) in [5.41, 5.74) is 2.30. The number of nitrogens with zero attached hydrogens (tertiary/aromatic N) is 3. The zero-order valence-corrected chi connectivity index (χ0v) is 12.7. The van der Waals surface area contributed by atoms with Crippen LogP contribution in [0, 0.1) is 0 Å². The second kappa shape index (κ2) is 6.93. The van der Waals surface area contributed by atoms with Gasteiger partial charge in [-0.15, -0.1) is 11.8 Å². The van der Waals surface area contributed by atoms with Gasteiger partial charge in [-0.2, -0.15) is 0 Å². The third-order valence-corrected chi connectivity index (χ3v) is 3.90. The molecule has 5 heteroatoms. The Morgan fingerprint density at radius 3 is 2.95 bits per heavy atom. The third-order valence-electron chi connectivity index (χ3n) is 2.91. The standard InChI is InChI=1S/C14H22N4S/c1-4-15-11-12-14(19-10-9-17(2)3)16-13-7-5-6-8-18(12)13/h5-8,15H,4,9-11H2,1-3H3. The summed E-state index contributed by atoms with van der Waals surface area (Å²) in [7, 11) is 4.20. The number of hydrogen-bond donors (Lipinski definition) is 1. The molecule has 0 saturated carbocycles. The molecule has 0 aliphatic heterocycles. The van der Waals surface area contributed by atoms with Gasteiger partial charge in [0.05, 0.1) is 5.69 Å². The molecule has 0 bridgehead atoms. The number of aromatic nitrogens is 2. The Balaban J connectivity index is 2.19. The van der Waals surface area contributed by atoms with E-state index in [-0.39, 0.29) is 0 Å². The molecule has 0 aliphatic carbocycles. The van der Waals surface area contributed by atoms with Gasteiger partial charge in [0.1, 0.15) is 10.7 Å². The minimum absolute atomic E-state index is 0.867. The van der Waals surface area contributed by atoms with Crippen LogP contribution >= 0.6 is 11.8 Å². The smallest absolute Gasteiger partial charge is 0.138 e. The van der Waals surface area contributed by atoms with E-state index in [2.05, 4.69) is 54.0 Å². The maximum absolute atomic E-state index is 4.73. The number of pyridine rings is 1. The molecule has 2 aromatic rings. The molecule has 0 aromatic carbocycles. The molecular formula is C14H22N4S. The van der Waals surface area contributed by atoms with Crippen LogP contribution in [0.5, 0.6) is 0 Å². The SMILES string of the molecule is CCNCc1c(SCCN(C)C)nc2ccccn12. The van der Waals surface area contributed by atoms with Gasteiger partial charge in [-0.05, 0) is 32.8 Å². The lowest BCUT2D eigenvalue weighted by molar-refractivity contribution is 0.437. The number of fused-ring (bicyclic) bond motifs is 1. The summed E-state index contributed by atoms with van der Waals surface area (Å²) in [6.45, 7) is 5.04. The largest absolute Gasteiger partial charge is 0.311 e. The van der Waals surface area contributed by atoms with Crippen molar-refractivity contribution in [3.8, 4) is 0 Å². The van der Waals surface area contributed by atoms with E-state index in [0.717, 1.165) is 36.1 Å². The first-order valence-corrected chi connectivity index (χ1v) is 7.65. The monoisotopic (exact) mass is 278 g/mol. The van der Waals surface area contributed by atoms with Crippen molar-refractivity contribution in [1.82, 2.24) is 19.6 Å². The lowest BCUT2D eigenvalue weighted by Gasteiger charge is -2.09. The molecule has 4 nitrogen and oxygen atoms in total. The quantitative estimate of drug-likeness (QED) is 0.786. The normalized spacial score (nSPS) is 11.6. The van der Waals surface area contributed by atoms with E-state index in [9.17, 15) is 0 Å². The van der Waals surface area contributed by atoms with Crippen LogP contribution in [0.15, 0.2) is 29.4 Å². The van der Waals surface area contributed by atoms with Crippen LogP contribution in [0.25, 0.3) is 5.65 Å². The number of nitrogens with one attached hydrogen (secondary N) is 1. The Hall–Kier alpha value is -1.04. The fourth-order valence-electron chi connectivity index (χ4n) is 1.87. The molecule has 2 aromatic heterocycles. The zero-order chi connectivity index (χ0) is 13.7. The molecular weight excluding hydrogens is 256 g/mol. The summed E-state index contributed by atoms with van der Waals surface area (Å²) >= 11 is 1.84. The predicted molar refractivity (Wildman–Crippen MR) is 81.9 cm³/mol. The van der Waals surface area contributed by atoms with E-state index in [0.29, 0.717) is 0 Å². The highest BCUT2D eigenvalue weighted by Gasteiger charge is 2.11. The highest BCUT2D eigenvalue weighted by atomic mass is 32.2. The van der Waals surface area contributed by atoms with Crippen molar-refractivity contribution < 1.29 is 0 Å². The van der Waals surface area contributed by atoms with Gasteiger partial charge in [-0.1, -0.05) is 13.0 Å². The van der Waals surface area contributed by atoms with Crippen molar-refractivity contribution >= 4 is 17.4 Å². The first-order chi connectivity index (χ1) is 9.22. The Morgan fingerprint density at radius 1 is 1.37 bits per heavy atom. The molecule has 104 valence electrons. The van der Waals surface area contributed by atoms with Crippen molar-refractivity contribution in [2.75, 3.05) is 32.9 Å². The third kappa shape index (κ3) is 3.72. The lowest BCUT2D eigenvalue weighted by Crippen LogP contribution is -2.16. The minimum atomic E-state index is 0.867. The van der Waals surface area contributed by atoms with Crippen LogP contribution < -0.4 is 5.32 Å². The number of imidazole rings is 1. The van der Waals surface area contributed by atoms with Gasteiger partial charge in [0, 0.05) is 25.0 Å². The highest BCUT2D eigenvalue weighted by molar-refractivity contribution is 7.99. The Kier molecular flexibility index (Phi) is 5.24. The summed E-state index contributed by atoms with van der Waals surface area (Å²) in [5, 5.41) is 4.55. The molecule has 0 amide bonds. The van der Waals surface area contributed by atoms with Gasteiger partial charge in [0.15, 0.2) is 0 Å². The first kappa shape index (κ1) is 14.4. The molecule has 0 saturated heterocycles. The molecule has 2 heterocycles. The Morgan fingerprint density at radius 2 is 2.21 bits per heavy atom. The van der Waals surface area contributed by atoms with Gasteiger partial charge < -0.3 is 14.6 Å². The van der Waals surface area contributed by atoms with Crippen molar-refractivity contribution in [2.45, 2.75) is 18.5 Å². The summed E-state index contributed by atoms with van der Waals surface area (Å²) in [5.74, 6) is 1.07. The van der Waals surface area contributed by atoms with E-state index in [1.54, 1.807) is 0 Å². The molecule has 0 fully saturated rings. The van der Waals surface area contributed by atoms with Gasteiger partial charge in [-0.25, -0.2) is 4.98 Å². The van der Waals surface area contributed by atoms with Crippen LogP contribution in [0.1, 0.15) is 12.6 Å². The number of thioether (sulfide) groups is 1. The van der Waals surface area contributed by atoms with E-state index in [1.165, 1.54) is 5.69 Å². The number of rotatable bonds is 7. The van der Waals surface area contributed by atoms with Crippen molar-refractivity contribution in [3.63, 3.8) is 0 Å². The average molecular weight is 278 g/mol. The van der Waals surface area contributed by atoms with Crippen LogP contribution in [-0.2, 0) is 6.54 Å². The molecule has 0 aliphatic rings. The van der Waals surface area contributed by atoms with Crippen LogP contribution in [0.3, 0.4) is 0 Å². The van der Waals surface area contributed by atoms with E-state index < -0.39 is 0 Å². The Bertz CT molecular complexity index is 521. The summed E-state index contributed by atoms with van der Waals surface area (Å²) < 4.78 is 2.18. The molecule has 2 rings (SSSR count). The Labute approximate surface area is 119 Å². The summed E-state index contributed by atoms with van der Waals surface area (Å²) in [4.78, 5) is 6.93. The highest BCUT2D eigenvalue weighted by Crippen LogP contribution is 2.23. The molecule has 0 spiro atoms. The van der Waals surface area contributed by atoms with E-state index >= 15 is 0 Å². The van der Waals surface area contributed by atoms with Crippen molar-refractivity contribution in [1.29, 1.82) is 0 Å². The topological polar surface area (TPSA) is 32.6 Å². The predicted octanol–water partition coefficient (Wildman–Crippen LogP) is 2.10. The average Bonchev–Trinajstić information content (AvgIpc) is 2.74. The molecule has 0 radical (unpaired) electrons. The summed E-state index contributed by atoms with van der Waals surface area (Å²) in [6.07, 6.45) is 2.09. The molecule has 0 atom stereocenters. The fourth-order valence-corrected chi connectivity index (χ4v) is 3.01. The van der Waals surface area contributed by atoms with Crippen LogP contribution in [-0.4, -0.2) is 47.2 Å². The second-order valence-electron chi connectivity index (χ2n) is 4.72. The van der Waals surface area contributed by atoms with Gasteiger partial charge in [-0.3, -0.25) is 0 Å². The van der Waals surface area contributed by atoms with Crippen molar-refractivity contribution in [2.24, 2.45) is 0 Å².